The molecule has 1 saturated heterocycles. The van der Waals surface area contributed by atoms with Crippen molar-refractivity contribution in [2.75, 3.05) is 18.6 Å². The summed E-state index contributed by atoms with van der Waals surface area (Å²) in [6.07, 6.45) is 7.91. The van der Waals surface area contributed by atoms with Crippen LogP contribution in [0.1, 0.15) is 12.8 Å². The third-order valence-corrected chi connectivity index (χ3v) is 3.29. The van der Waals surface area contributed by atoms with Crippen LogP contribution in [-0.2, 0) is 9.59 Å². The molecule has 4 nitrogen and oxygen atoms in total. The fourth-order valence-corrected chi connectivity index (χ4v) is 2.25. The molecule has 0 aliphatic carbocycles. The number of aliphatic carboxylic acids is 1. The average molecular weight is 241 g/mol. The first kappa shape index (κ1) is 12.9. The Balaban J connectivity index is 2.68. The van der Waals surface area contributed by atoms with Gasteiger partial charge < -0.3 is 10.0 Å². The standard InChI is InChI=1S/C11H15NO3S/c1-3-8-6-10(13)12(7-8)9(11(14)15)4-5-16-2/h1,8-9H,4-7H2,2H3,(H,14,15). The highest BCUT2D eigenvalue weighted by atomic mass is 32.2. The Labute approximate surface area is 99.4 Å². The molecule has 1 aliphatic rings. The molecular weight excluding hydrogens is 226 g/mol. The molecule has 5 heteroatoms. The molecule has 1 fully saturated rings. The van der Waals surface area contributed by atoms with E-state index in [1.165, 1.54) is 4.90 Å². The van der Waals surface area contributed by atoms with E-state index in [2.05, 4.69) is 5.92 Å². The van der Waals surface area contributed by atoms with E-state index in [0.29, 0.717) is 13.0 Å². The molecule has 2 unspecified atom stereocenters. The van der Waals surface area contributed by atoms with Crippen molar-refractivity contribution in [3.63, 3.8) is 0 Å². The van der Waals surface area contributed by atoms with Crippen LogP contribution in [0.2, 0.25) is 0 Å². The van der Waals surface area contributed by atoms with E-state index in [1.54, 1.807) is 11.8 Å². The zero-order valence-electron chi connectivity index (χ0n) is 9.18. The van der Waals surface area contributed by atoms with E-state index in [0.717, 1.165) is 5.75 Å². The van der Waals surface area contributed by atoms with Gasteiger partial charge in [0.1, 0.15) is 6.04 Å². The zero-order valence-corrected chi connectivity index (χ0v) is 10.00. The molecule has 1 heterocycles. The van der Waals surface area contributed by atoms with Crippen LogP contribution in [-0.4, -0.2) is 46.5 Å². The lowest BCUT2D eigenvalue weighted by Crippen LogP contribution is -2.42. The van der Waals surface area contributed by atoms with Gasteiger partial charge in [0.25, 0.3) is 0 Å². The summed E-state index contributed by atoms with van der Waals surface area (Å²) in [5.74, 6) is 2.02. The largest absolute Gasteiger partial charge is 0.480 e. The summed E-state index contributed by atoms with van der Waals surface area (Å²) in [6.45, 7) is 0.376. The van der Waals surface area contributed by atoms with Crippen molar-refractivity contribution in [2.45, 2.75) is 18.9 Å². The molecule has 0 aromatic carbocycles. The smallest absolute Gasteiger partial charge is 0.326 e. The predicted molar refractivity (Wildman–Crippen MR) is 63.1 cm³/mol. The second-order valence-corrected chi connectivity index (χ2v) is 4.73. The summed E-state index contributed by atoms with van der Waals surface area (Å²) < 4.78 is 0. The third-order valence-electron chi connectivity index (χ3n) is 2.65. The predicted octanol–water partition coefficient (Wildman–Crippen LogP) is 0.674. The van der Waals surface area contributed by atoms with E-state index >= 15 is 0 Å². The van der Waals surface area contributed by atoms with Crippen molar-refractivity contribution < 1.29 is 14.7 Å². The second kappa shape index (κ2) is 5.80. The average Bonchev–Trinajstić information content (AvgIpc) is 2.60. The molecule has 1 N–H and O–H groups in total. The fraction of sp³-hybridized carbons (Fsp3) is 0.636. The number of carbonyl (C=O) groups is 2. The summed E-state index contributed by atoms with van der Waals surface area (Å²) in [5.41, 5.74) is 0. The molecule has 0 saturated carbocycles. The summed E-state index contributed by atoms with van der Waals surface area (Å²) in [5, 5.41) is 9.08. The Morgan fingerprint density at radius 3 is 2.94 bits per heavy atom. The van der Waals surface area contributed by atoms with Crippen LogP contribution in [0.5, 0.6) is 0 Å². The first-order chi connectivity index (χ1) is 7.60. The number of nitrogens with zero attached hydrogens (tertiary/aromatic N) is 1. The molecule has 0 bridgehead atoms. The number of carboxylic acid groups (broad SMARTS) is 1. The minimum absolute atomic E-state index is 0.136. The Morgan fingerprint density at radius 1 is 1.81 bits per heavy atom. The van der Waals surface area contributed by atoms with Gasteiger partial charge in [0.05, 0.1) is 0 Å². The summed E-state index contributed by atoms with van der Waals surface area (Å²) in [7, 11) is 0. The minimum Gasteiger partial charge on any atom is -0.480 e. The Hall–Kier alpha value is -1.15. The van der Waals surface area contributed by atoms with Crippen LogP contribution in [0.25, 0.3) is 0 Å². The monoisotopic (exact) mass is 241 g/mol. The van der Waals surface area contributed by atoms with E-state index in [-0.39, 0.29) is 18.2 Å². The third kappa shape index (κ3) is 2.92. The van der Waals surface area contributed by atoms with Gasteiger partial charge in [-0.15, -0.1) is 12.3 Å². The molecular formula is C11H15NO3S. The molecule has 1 aliphatic heterocycles. The number of likely N-dealkylation sites (tertiary alicyclic amines) is 1. The Bertz CT molecular complexity index is 324. The molecule has 2 atom stereocenters. The van der Waals surface area contributed by atoms with Crippen LogP contribution >= 0.6 is 11.8 Å². The molecule has 0 aromatic rings. The van der Waals surface area contributed by atoms with E-state index < -0.39 is 12.0 Å². The maximum Gasteiger partial charge on any atom is 0.326 e. The lowest BCUT2D eigenvalue weighted by Gasteiger charge is -2.23. The maximum atomic E-state index is 11.6. The lowest BCUT2D eigenvalue weighted by atomic mass is 10.1. The number of carboxylic acids is 1. The summed E-state index contributed by atoms with van der Waals surface area (Å²) >= 11 is 1.57. The zero-order chi connectivity index (χ0) is 12.1. The van der Waals surface area contributed by atoms with Gasteiger partial charge in [-0.3, -0.25) is 4.79 Å². The van der Waals surface area contributed by atoms with Gasteiger partial charge in [-0.25, -0.2) is 4.79 Å². The normalized spacial score (nSPS) is 21.9. The number of rotatable bonds is 5. The van der Waals surface area contributed by atoms with Crippen molar-refractivity contribution in [3.05, 3.63) is 0 Å². The van der Waals surface area contributed by atoms with Crippen LogP contribution in [0.3, 0.4) is 0 Å². The van der Waals surface area contributed by atoms with Gasteiger partial charge >= 0.3 is 5.97 Å². The van der Waals surface area contributed by atoms with Crippen LogP contribution in [0, 0.1) is 18.3 Å². The quantitative estimate of drug-likeness (QED) is 0.719. The van der Waals surface area contributed by atoms with Gasteiger partial charge in [0, 0.05) is 18.9 Å². The second-order valence-electron chi connectivity index (χ2n) is 3.75. The first-order valence-electron chi connectivity index (χ1n) is 5.07. The summed E-state index contributed by atoms with van der Waals surface area (Å²) in [4.78, 5) is 24.1. The fourth-order valence-electron chi connectivity index (χ4n) is 1.79. The number of amides is 1. The number of thioether (sulfide) groups is 1. The minimum atomic E-state index is -0.944. The van der Waals surface area contributed by atoms with E-state index in [1.807, 2.05) is 6.26 Å². The van der Waals surface area contributed by atoms with Crippen LogP contribution in [0.15, 0.2) is 0 Å². The molecule has 88 valence electrons. The van der Waals surface area contributed by atoms with E-state index in [4.69, 9.17) is 11.5 Å². The Morgan fingerprint density at radius 2 is 2.50 bits per heavy atom. The molecule has 0 aromatic heterocycles. The van der Waals surface area contributed by atoms with Crippen molar-refractivity contribution in [3.8, 4) is 12.3 Å². The topological polar surface area (TPSA) is 57.6 Å². The molecule has 1 rings (SSSR count). The van der Waals surface area contributed by atoms with Gasteiger partial charge in [-0.1, -0.05) is 0 Å². The highest BCUT2D eigenvalue weighted by Gasteiger charge is 2.36. The van der Waals surface area contributed by atoms with E-state index in [9.17, 15) is 9.59 Å². The van der Waals surface area contributed by atoms with Gasteiger partial charge in [-0.05, 0) is 18.4 Å². The van der Waals surface area contributed by atoms with Crippen LogP contribution in [0.4, 0.5) is 0 Å². The number of carbonyl (C=O) groups excluding carboxylic acids is 1. The number of hydrogen-bond acceptors (Lipinski definition) is 3. The Kier molecular flexibility index (Phi) is 4.69. The lowest BCUT2D eigenvalue weighted by molar-refractivity contribution is -0.148. The molecule has 1 amide bonds. The molecule has 0 spiro atoms. The SMILES string of the molecule is C#CC1CC(=O)N(C(CCSC)C(=O)O)C1. The molecule has 0 radical (unpaired) electrons. The van der Waals surface area contributed by atoms with Crippen molar-refractivity contribution in [1.82, 2.24) is 4.90 Å². The maximum absolute atomic E-state index is 11.6. The number of hydrogen-bond donors (Lipinski definition) is 1. The van der Waals surface area contributed by atoms with Gasteiger partial charge in [0.2, 0.25) is 5.91 Å². The van der Waals surface area contributed by atoms with Crippen LogP contribution < -0.4 is 0 Å². The number of terminal acetylenes is 1. The highest BCUT2D eigenvalue weighted by molar-refractivity contribution is 7.98. The first-order valence-corrected chi connectivity index (χ1v) is 6.46. The van der Waals surface area contributed by atoms with Gasteiger partial charge in [-0.2, -0.15) is 11.8 Å². The molecule has 16 heavy (non-hydrogen) atoms. The van der Waals surface area contributed by atoms with Gasteiger partial charge in [0.15, 0.2) is 0 Å². The van der Waals surface area contributed by atoms with Crippen molar-refractivity contribution >= 4 is 23.6 Å². The van der Waals surface area contributed by atoms with Crippen molar-refractivity contribution in [2.24, 2.45) is 5.92 Å². The van der Waals surface area contributed by atoms with Crippen molar-refractivity contribution in [1.29, 1.82) is 0 Å². The summed E-state index contributed by atoms with van der Waals surface area (Å²) in [6, 6.07) is -0.724. The highest BCUT2D eigenvalue weighted by Crippen LogP contribution is 2.21.